The van der Waals surface area contributed by atoms with E-state index in [1.165, 1.54) is 0 Å². The number of methoxy groups -OCH3 is 1. The molecule has 4 heteroatoms. The van der Waals surface area contributed by atoms with E-state index in [0.29, 0.717) is 19.0 Å². The molecule has 0 aliphatic heterocycles. The predicted octanol–water partition coefficient (Wildman–Crippen LogP) is 2.21. The summed E-state index contributed by atoms with van der Waals surface area (Å²) in [6.45, 7) is 6.21. The number of hydrogen-bond acceptors (Lipinski definition) is 3. The summed E-state index contributed by atoms with van der Waals surface area (Å²) in [5.74, 6) is 0.436. The first-order chi connectivity index (χ1) is 9.60. The number of hydrogen-bond donors (Lipinski definition) is 1. The second-order valence-electron chi connectivity index (χ2n) is 5.35. The van der Waals surface area contributed by atoms with Crippen LogP contribution in [0, 0.1) is 5.92 Å². The zero-order valence-corrected chi connectivity index (χ0v) is 12.7. The van der Waals surface area contributed by atoms with Crippen LogP contribution in [0.1, 0.15) is 31.9 Å². The smallest absolute Gasteiger partial charge is 0.256 e. The standard InChI is InChI=1S/C16H26N2O2/c1-13(2)12-18(11-7-10-17)16(19)15(20-3)14-8-5-4-6-9-14/h4-6,8-9,13,15H,7,10-12,17H2,1-3H3. The van der Waals surface area contributed by atoms with Crippen molar-refractivity contribution in [2.24, 2.45) is 11.7 Å². The molecule has 0 heterocycles. The Balaban J connectivity index is 2.84. The highest BCUT2D eigenvalue weighted by molar-refractivity contribution is 5.82. The summed E-state index contributed by atoms with van der Waals surface area (Å²) >= 11 is 0. The molecule has 0 aromatic heterocycles. The van der Waals surface area contributed by atoms with Crippen LogP contribution in [0.3, 0.4) is 0 Å². The fraction of sp³-hybridized carbons (Fsp3) is 0.562. The van der Waals surface area contributed by atoms with Gasteiger partial charge in [0.05, 0.1) is 0 Å². The van der Waals surface area contributed by atoms with Crippen molar-refractivity contribution in [2.45, 2.75) is 26.4 Å². The minimum atomic E-state index is -0.535. The van der Waals surface area contributed by atoms with Gasteiger partial charge in [0.2, 0.25) is 0 Å². The fourth-order valence-electron chi connectivity index (χ4n) is 2.19. The molecule has 1 aromatic rings. The third-order valence-electron chi connectivity index (χ3n) is 3.09. The zero-order chi connectivity index (χ0) is 15.0. The van der Waals surface area contributed by atoms with Gasteiger partial charge in [-0.05, 0) is 24.4 Å². The van der Waals surface area contributed by atoms with E-state index in [4.69, 9.17) is 10.5 Å². The van der Waals surface area contributed by atoms with Gasteiger partial charge in [0.1, 0.15) is 0 Å². The Labute approximate surface area is 121 Å². The van der Waals surface area contributed by atoms with Gasteiger partial charge in [0.25, 0.3) is 5.91 Å². The first-order valence-corrected chi connectivity index (χ1v) is 7.16. The van der Waals surface area contributed by atoms with E-state index in [1.807, 2.05) is 35.2 Å². The van der Waals surface area contributed by atoms with Crippen molar-refractivity contribution < 1.29 is 9.53 Å². The number of benzene rings is 1. The van der Waals surface area contributed by atoms with Crippen molar-refractivity contribution in [3.8, 4) is 0 Å². The van der Waals surface area contributed by atoms with E-state index in [9.17, 15) is 4.79 Å². The summed E-state index contributed by atoms with van der Waals surface area (Å²) in [6.07, 6.45) is 0.275. The molecular weight excluding hydrogens is 252 g/mol. The Morgan fingerprint density at radius 1 is 1.30 bits per heavy atom. The highest BCUT2D eigenvalue weighted by Gasteiger charge is 2.25. The molecule has 1 rings (SSSR count). The van der Waals surface area contributed by atoms with Crippen LogP contribution >= 0.6 is 0 Å². The molecule has 1 atom stereocenters. The fourth-order valence-corrected chi connectivity index (χ4v) is 2.19. The second kappa shape index (κ2) is 8.72. The molecule has 2 N–H and O–H groups in total. The van der Waals surface area contributed by atoms with E-state index in [1.54, 1.807) is 7.11 Å². The highest BCUT2D eigenvalue weighted by Crippen LogP contribution is 2.20. The summed E-state index contributed by atoms with van der Waals surface area (Å²) in [7, 11) is 1.58. The number of carbonyl (C=O) groups excluding carboxylic acids is 1. The third-order valence-corrected chi connectivity index (χ3v) is 3.09. The Morgan fingerprint density at radius 3 is 2.45 bits per heavy atom. The predicted molar refractivity (Wildman–Crippen MR) is 81.3 cm³/mol. The molecule has 0 saturated heterocycles. The van der Waals surface area contributed by atoms with Crippen LogP contribution in [-0.2, 0) is 9.53 Å². The summed E-state index contributed by atoms with van der Waals surface area (Å²) in [5.41, 5.74) is 6.45. The number of rotatable bonds is 8. The van der Waals surface area contributed by atoms with Crippen molar-refractivity contribution in [2.75, 3.05) is 26.7 Å². The molecule has 1 aromatic carbocycles. The Morgan fingerprint density at radius 2 is 1.95 bits per heavy atom. The molecule has 1 amide bonds. The van der Waals surface area contributed by atoms with Gasteiger partial charge in [-0.1, -0.05) is 44.2 Å². The average Bonchev–Trinajstić information content (AvgIpc) is 2.45. The minimum absolute atomic E-state index is 0.0147. The van der Waals surface area contributed by atoms with Gasteiger partial charge < -0.3 is 15.4 Å². The van der Waals surface area contributed by atoms with Gasteiger partial charge in [-0.25, -0.2) is 0 Å². The Bertz CT molecular complexity index is 393. The van der Waals surface area contributed by atoms with Gasteiger partial charge in [0, 0.05) is 20.2 Å². The second-order valence-corrected chi connectivity index (χ2v) is 5.35. The quantitative estimate of drug-likeness (QED) is 0.793. The number of amides is 1. The number of ether oxygens (including phenoxy) is 1. The summed E-state index contributed by atoms with van der Waals surface area (Å²) < 4.78 is 5.42. The van der Waals surface area contributed by atoms with Crippen LogP contribution in [0.5, 0.6) is 0 Å². The molecule has 0 aliphatic carbocycles. The van der Waals surface area contributed by atoms with Crippen LogP contribution in [0.15, 0.2) is 30.3 Å². The van der Waals surface area contributed by atoms with Gasteiger partial charge in [-0.2, -0.15) is 0 Å². The maximum absolute atomic E-state index is 12.7. The molecule has 0 saturated carbocycles. The maximum Gasteiger partial charge on any atom is 0.256 e. The van der Waals surface area contributed by atoms with E-state index in [-0.39, 0.29) is 5.91 Å². The lowest BCUT2D eigenvalue weighted by Gasteiger charge is -2.28. The van der Waals surface area contributed by atoms with Crippen molar-refractivity contribution in [1.82, 2.24) is 4.90 Å². The van der Waals surface area contributed by atoms with Gasteiger partial charge in [-0.3, -0.25) is 4.79 Å². The van der Waals surface area contributed by atoms with Gasteiger partial charge >= 0.3 is 0 Å². The SMILES string of the molecule is COC(C(=O)N(CCCN)CC(C)C)c1ccccc1. The normalized spacial score (nSPS) is 12.4. The minimum Gasteiger partial charge on any atom is -0.367 e. The first-order valence-electron chi connectivity index (χ1n) is 7.16. The summed E-state index contributed by atoms with van der Waals surface area (Å²) in [6, 6.07) is 9.61. The van der Waals surface area contributed by atoms with Crippen molar-refractivity contribution >= 4 is 5.91 Å². The summed E-state index contributed by atoms with van der Waals surface area (Å²) in [5, 5.41) is 0. The highest BCUT2D eigenvalue weighted by atomic mass is 16.5. The Kier molecular flexibility index (Phi) is 7.26. The lowest BCUT2D eigenvalue weighted by atomic mass is 10.1. The van der Waals surface area contributed by atoms with Crippen LogP contribution < -0.4 is 5.73 Å². The third kappa shape index (κ3) is 4.94. The average molecular weight is 278 g/mol. The maximum atomic E-state index is 12.7. The molecule has 0 fully saturated rings. The zero-order valence-electron chi connectivity index (χ0n) is 12.7. The largest absolute Gasteiger partial charge is 0.367 e. The monoisotopic (exact) mass is 278 g/mol. The van der Waals surface area contributed by atoms with E-state index in [2.05, 4.69) is 13.8 Å². The van der Waals surface area contributed by atoms with Gasteiger partial charge in [-0.15, -0.1) is 0 Å². The number of nitrogens with two attached hydrogens (primary N) is 1. The lowest BCUT2D eigenvalue weighted by Crippen LogP contribution is -2.39. The Hall–Kier alpha value is -1.39. The molecule has 0 radical (unpaired) electrons. The molecule has 0 bridgehead atoms. The topological polar surface area (TPSA) is 55.6 Å². The van der Waals surface area contributed by atoms with E-state index < -0.39 is 6.10 Å². The molecule has 1 unspecified atom stereocenters. The number of carbonyl (C=O) groups is 1. The molecule has 0 aliphatic rings. The summed E-state index contributed by atoms with van der Waals surface area (Å²) in [4.78, 5) is 14.5. The van der Waals surface area contributed by atoms with Gasteiger partial charge in [0.15, 0.2) is 6.10 Å². The molecule has 4 nitrogen and oxygen atoms in total. The van der Waals surface area contributed by atoms with Crippen LogP contribution in [0.25, 0.3) is 0 Å². The van der Waals surface area contributed by atoms with Crippen LogP contribution in [-0.4, -0.2) is 37.6 Å². The molecule has 112 valence electrons. The lowest BCUT2D eigenvalue weighted by molar-refractivity contribution is -0.143. The number of nitrogens with zero attached hydrogens (tertiary/aromatic N) is 1. The van der Waals surface area contributed by atoms with Crippen molar-refractivity contribution in [3.63, 3.8) is 0 Å². The van der Waals surface area contributed by atoms with E-state index in [0.717, 1.165) is 18.5 Å². The van der Waals surface area contributed by atoms with E-state index >= 15 is 0 Å². The van der Waals surface area contributed by atoms with Crippen LogP contribution in [0.2, 0.25) is 0 Å². The molecule has 0 spiro atoms. The first kappa shape index (κ1) is 16.7. The van der Waals surface area contributed by atoms with Crippen LogP contribution in [0.4, 0.5) is 0 Å². The molecular formula is C16H26N2O2. The van der Waals surface area contributed by atoms with Crippen molar-refractivity contribution in [1.29, 1.82) is 0 Å². The molecule has 20 heavy (non-hydrogen) atoms. The van der Waals surface area contributed by atoms with Crippen molar-refractivity contribution in [3.05, 3.63) is 35.9 Å².